The van der Waals surface area contributed by atoms with Crippen molar-refractivity contribution in [2.24, 2.45) is 0 Å². The van der Waals surface area contributed by atoms with Crippen LogP contribution in [0.3, 0.4) is 0 Å². The second-order valence-corrected chi connectivity index (χ2v) is 6.24. The Kier molecular flexibility index (Phi) is 3.80. The largest absolute Gasteiger partial charge is 0.485 e. The molecule has 0 saturated carbocycles. The summed E-state index contributed by atoms with van der Waals surface area (Å²) in [6.45, 7) is -0.0155. The number of Topliss-reactive ketones (excluding diaryl/α,β-unsaturated/α-hetero) is 1. The fraction of sp³-hybridized carbons (Fsp3) is 0.0556. The van der Waals surface area contributed by atoms with Crippen LogP contribution < -0.4 is 4.74 Å². The molecule has 1 N–H and O–H groups in total. The van der Waals surface area contributed by atoms with E-state index in [1.807, 2.05) is 54.7 Å². The molecule has 0 saturated heterocycles. The van der Waals surface area contributed by atoms with Crippen LogP contribution in [0.15, 0.2) is 60.9 Å². The molecule has 5 nitrogen and oxygen atoms in total. The molecule has 2 heterocycles. The number of ketones is 1. The number of aromatic amines is 1. The van der Waals surface area contributed by atoms with Crippen LogP contribution in [0.25, 0.3) is 21.3 Å². The maximum absolute atomic E-state index is 12.3. The van der Waals surface area contributed by atoms with Crippen molar-refractivity contribution in [3.63, 3.8) is 0 Å². The molecule has 0 aliphatic heterocycles. The summed E-state index contributed by atoms with van der Waals surface area (Å²) in [5.74, 6) is 0.555. The summed E-state index contributed by atoms with van der Waals surface area (Å²) in [7, 11) is 0. The highest BCUT2D eigenvalue weighted by atomic mass is 32.1. The van der Waals surface area contributed by atoms with E-state index in [9.17, 15) is 4.79 Å². The first-order chi connectivity index (χ1) is 11.8. The molecule has 0 radical (unpaired) electrons. The molecular formula is C18H13N3O2S. The molecule has 2 aromatic carbocycles. The summed E-state index contributed by atoms with van der Waals surface area (Å²) in [5, 5.41) is 7.22. The molecule has 118 valence electrons. The van der Waals surface area contributed by atoms with E-state index in [0.29, 0.717) is 10.8 Å². The van der Waals surface area contributed by atoms with Crippen LogP contribution >= 0.6 is 11.3 Å². The molecule has 2 aromatic heterocycles. The summed E-state index contributed by atoms with van der Waals surface area (Å²) in [4.78, 5) is 16.7. The number of fused-ring (bicyclic) bond motifs is 1. The van der Waals surface area contributed by atoms with E-state index in [-0.39, 0.29) is 12.4 Å². The molecular weight excluding hydrogens is 322 g/mol. The average Bonchev–Trinajstić information content (AvgIpc) is 3.29. The lowest BCUT2D eigenvalue weighted by atomic mass is 10.1. The fourth-order valence-electron chi connectivity index (χ4n) is 2.36. The Balaban J connectivity index is 1.55. The zero-order chi connectivity index (χ0) is 16.4. The van der Waals surface area contributed by atoms with Crippen molar-refractivity contribution >= 4 is 27.3 Å². The van der Waals surface area contributed by atoms with Gasteiger partial charge in [0.05, 0.1) is 16.4 Å². The zero-order valence-corrected chi connectivity index (χ0v) is 13.4. The number of hydrogen-bond donors (Lipinski definition) is 1. The smallest absolute Gasteiger partial charge is 0.228 e. The maximum Gasteiger partial charge on any atom is 0.228 e. The first-order valence-electron chi connectivity index (χ1n) is 7.40. The number of carbonyl (C=O) groups is 1. The first-order valence-corrected chi connectivity index (χ1v) is 8.22. The van der Waals surface area contributed by atoms with Gasteiger partial charge in [-0.05, 0) is 29.8 Å². The van der Waals surface area contributed by atoms with Crippen LogP contribution in [0.4, 0.5) is 0 Å². The number of H-pyrrole nitrogens is 1. The molecule has 24 heavy (non-hydrogen) atoms. The molecule has 4 rings (SSSR count). The third-order valence-electron chi connectivity index (χ3n) is 3.57. The zero-order valence-electron chi connectivity index (χ0n) is 12.6. The average molecular weight is 335 g/mol. The molecule has 6 heteroatoms. The van der Waals surface area contributed by atoms with Gasteiger partial charge in [-0.15, -0.1) is 11.3 Å². The van der Waals surface area contributed by atoms with Gasteiger partial charge in [0.25, 0.3) is 0 Å². The van der Waals surface area contributed by atoms with Gasteiger partial charge >= 0.3 is 0 Å². The number of ether oxygens (including phenoxy) is 1. The van der Waals surface area contributed by atoms with Crippen LogP contribution in [0, 0.1) is 0 Å². The number of para-hydroxylation sites is 1. The number of aromatic nitrogens is 3. The maximum atomic E-state index is 12.3. The molecule has 0 aliphatic rings. The number of nitrogens with zero attached hydrogens (tertiary/aromatic N) is 2. The third-order valence-corrected chi connectivity index (χ3v) is 4.63. The highest BCUT2D eigenvalue weighted by Gasteiger charge is 2.14. The van der Waals surface area contributed by atoms with Crippen molar-refractivity contribution in [2.45, 2.75) is 0 Å². The van der Waals surface area contributed by atoms with Crippen LogP contribution in [0.5, 0.6) is 5.75 Å². The van der Waals surface area contributed by atoms with Crippen molar-refractivity contribution in [1.29, 1.82) is 0 Å². The quantitative estimate of drug-likeness (QED) is 0.561. The molecule has 0 fully saturated rings. The molecule has 0 atom stereocenters. The lowest BCUT2D eigenvalue weighted by molar-refractivity contribution is 0.0921. The molecule has 0 amide bonds. The monoisotopic (exact) mass is 335 g/mol. The third kappa shape index (κ3) is 2.91. The van der Waals surface area contributed by atoms with E-state index in [1.165, 1.54) is 11.3 Å². The van der Waals surface area contributed by atoms with Crippen molar-refractivity contribution in [2.75, 3.05) is 6.61 Å². The SMILES string of the molecule is O=C(COc1ccccc1)c1nc2ccc(-c3cn[nH]c3)cc2s1. The normalized spacial score (nSPS) is 10.8. The Morgan fingerprint density at radius 3 is 2.79 bits per heavy atom. The van der Waals surface area contributed by atoms with E-state index in [2.05, 4.69) is 15.2 Å². The lowest BCUT2D eigenvalue weighted by Gasteiger charge is -2.02. The van der Waals surface area contributed by atoms with Crippen molar-refractivity contribution < 1.29 is 9.53 Å². The van der Waals surface area contributed by atoms with Gasteiger partial charge in [0.2, 0.25) is 5.78 Å². The van der Waals surface area contributed by atoms with Crippen molar-refractivity contribution in [3.05, 3.63) is 65.9 Å². The van der Waals surface area contributed by atoms with Gasteiger partial charge in [0, 0.05) is 11.8 Å². The van der Waals surface area contributed by atoms with E-state index >= 15 is 0 Å². The van der Waals surface area contributed by atoms with Crippen LogP contribution in [-0.2, 0) is 0 Å². The number of benzene rings is 2. The predicted octanol–water partition coefficient (Wildman–Crippen LogP) is 3.95. The first kappa shape index (κ1) is 14.6. The van der Waals surface area contributed by atoms with Gasteiger partial charge in [-0.3, -0.25) is 9.89 Å². The topological polar surface area (TPSA) is 67.9 Å². The summed E-state index contributed by atoms with van der Waals surface area (Å²) >= 11 is 1.38. The molecule has 0 aliphatic carbocycles. The Labute approximate surface area is 141 Å². The summed E-state index contributed by atoms with van der Waals surface area (Å²) in [5.41, 5.74) is 2.86. The van der Waals surface area contributed by atoms with E-state index < -0.39 is 0 Å². The standard InChI is InChI=1S/C18H13N3O2S/c22-16(11-23-14-4-2-1-3-5-14)18-21-15-7-6-12(8-17(15)24-18)13-9-19-20-10-13/h1-10H,11H2,(H,19,20). The van der Waals surface area contributed by atoms with Gasteiger partial charge < -0.3 is 4.74 Å². The van der Waals surface area contributed by atoms with Crippen LogP contribution in [-0.4, -0.2) is 27.6 Å². The Bertz CT molecular complexity index is 978. The molecule has 0 unspecified atom stereocenters. The molecule has 0 bridgehead atoms. The van der Waals surface area contributed by atoms with E-state index in [0.717, 1.165) is 21.3 Å². The number of rotatable bonds is 5. The number of carbonyl (C=O) groups excluding carboxylic acids is 1. The van der Waals surface area contributed by atoms with Gasteiger partial charge in [-0.25, -0.2) is 4.98 Å². The van der Waals surface area contributed by atoms with Crippen LogP contribution in [0.2, 0.25) is 0 Å². The van der Waals surface area contributed by atoms with Gasteiger partial charge in [-0.2, -0.15) is 5.10 Å². The number of thiazole rings is 1. The lowest BCUT2D eigenvalue weighted by Crippen LogP contribution is -2.11. The predicted molar refractivity (Wildman–Crippen MR) is 93.5 cm³/mol. The second kappa shape index (κ2) is 6.25. The van der Waals surface area contributed by atoms with Crippen molar-refractivity contribution in [1.82, 2.24) is 15.2 Å². The number of hydrogen-bond acceptors (Lipinski definition) is 5. The van der Waals surface area contributed by atoms with Gasteiger partial charge in [0.1, 0.15) is 5.75 Å². The van der Waals surface area contributed by atoms with Gasteiger partial charge in [0.15, 0.2) is 11.6 Å². The molecule has 0 spiro atoms. The Hall–Kier alpha value is -2.99. The van der Waals surface area contributed by atoms with Crippen LogP contribution in [0.1, 0.15) is 9.80 Å². The summed E-state index contributed by atoms with van der Waals surface area (Å²) in [6.07, 6.45) is 3.60. The summed E-state index contributed by atoms with van der Waals surface area (Å²) < 4.78 is 6.47. The van der Waals surface area contributed by atoms with E-state index in [1.54, 1.807) is 6.20 Å². The minimum atomic E-state index is -0.120. The molecule has 4 aromatic rings. The highest BCUT2D eigenvalue weighted by molar-refractivity contribution is 7.20. The second-order valence-electron chi connectivity index (χ2n) is 5.21. The number of nitrogens with one attached hydrogen (secondary N) is 1. The minimum Gasteiger partial charge on any atom is -0.485 e. The Morgan fingerprint density at radius 1 is 1.12 bits per heavy atom. The summed E-state index contributed by atoms with van der Waals surface area (Å²) in [6, 6.07) is 15.2. The minimum absolute atomic E-state index is 0.0155. The van der Waals surface area contributed by atoms with E-state index in [4.69, 9.17) is 4.74 Å². The van der Waals surface area contributed by atoms with Gasteiger partial charge in [-0.1, -0.05) is 24.3 Å². The Morgan fingerprint density at radius 2 is 2.00 bits per heavy atom. The van der Waals surface area contributed by atoms with Crippen molar-refractivity contribution in [3.8, 4) is 16.9 Å². The fourth-order valence-corrected chi connectivity index (χ4v) is 3.29. The highest BCUT2D eigenvalue weighted by Crippen LogP contribution is 2.28.